The Morgan fingerprint density at radius 2 is 1.00 bits per heavy atom. The highest BCUT2D eigenvalue weighted by Gasteiger charge is 2.17. The third kappa shape index (κ3) is 2.65. The molecule has 0 aliphatic rings. The van der Waals surface area contributed by atoms with Crippen LogP contribution in [0.5, 0.6) is 0 Å². The fourth-order valence-corrected chi connectivity index (χ4v) is 2.37. The monoisotopic (exact) mass is 240 g/mol. The average Bonchev–Trinajstić information content (AvgIpc) is 2.34. The quantitative estimate of drug-likeness (QED) is 0.805. The van der Waals surface area contributed by atoms with Crippen LogP contribution in [0.3, 0.4) is 0 Å². The number of nitrogen functional groups attached to an aromatic ring is 2. The van der Waals surface area contributed by atoms with Gasteiger partial charge in [0.2, 0.25) is 0 Å². The van der Waals surface area contributed by atoms with Gasteiger partial charge in [-0.1, -0.05) is 38.1 Å². The summed E-state index contributed by atoms with van der Waals surface area (Å²) in [6.45, 7) is 4.47. The second-order valence-electron chi connectivity index (χ2n) is 5.06. The molecule has 0 atom stereocenters. The second kappa shape index (κ2) is 5.13. The summed E-state index contributed by atoms with van der Waals surface area (Å²) in [6, 6.07) is 16.3. The molecular weight excluding hydrogens is 220 g/mol. The Hall–Kier alpha value is -1.96. The molecule has 0 radical (unpaired) electrons. The molecule has 0 unspecified atom stereocenters. The minimum Gasteiger partial charge on any atom is -0.399 e. The van der Waals surface area contributed by atoms with Gasteiger partial charge in [0.05, 0.1) is 0 Å². The van der Waals surface area contributed by atoms with E-state index in [-0.39, 0.29) is 0 Å². The highest BCUT2D eigenvalue weighted by atomic mass is 14.5. The van der Waals surface area contributed by atoms with E-state index in [1.165, 1.54) is 11.1 Å². The molecule has 4 N–H and O–H groups in total. The summed E-state index contributed by atoms with van der Waals surface area (Å²) >= 11 is 0. The van der Waals surface area contributed by atoms with Gasteiger partial charge in [0, 0.05) is 17.3 Å². The zero-order valence-corrected chi connectivity index (χ0v) is 10.9. The molecule has 0 spiro atoms. The van der Waals surface area contributed by atoms with Crippen LogP contribution in [0.2, 0.25) is 0 Å². The highest BCUT2D eigenvalue weighted by molar-refractivity contribution is 5.45. The molecule has 0 aliphatic heterocycles. The van der Waals surface area contributed by atoms with Gasteiger partial charge < -0.3 is 11.5 Å². The molecule has 0 bridgehead atoms. The Balaban J connectivity index is 2.39. The number of benzene rings is 2. The van der Waals surface area contributed by atoms with E-state index in [1.54, 1.807) is 0 Å². The predicted molar refractivity (Wildman–Crippen MR) is 78.4 cm³/mol. The number of anilines is 2. The molecule has 0 aromatic heterocycles. The van der Waals surface area contributed by atoms with Crippen molar-refractivity contribution in [1.82, 2.24) is 0 Å². The number of hydrogen-bond acceptors (Lipinski definition) is 2. The van der Waals surface area contributed by atoms with E-state index in [0.717, 1.165) is 11.4 Å². The van der Waals surface area contributed by atoms with Crippen LogP contribution >= 0.6 is 0 Å². The van der Waals surface area contributed by atoms with Crippen molar-refractivity contribution >= 4 is 11.4 Å². The second-order valence-corrected chi connectivity index (χ2v) is 5.06. The minimum atomic E-state index is 0.381. The molecule has 94 valence electrons. The maximum Gasteiger partial charge on any atom is 0.0314 e. The van der Waals surface area contributed by atoms with Crippen LogP contribution in [0, 0.1) is 5.92 Å². The lowest BCUT2D eigenvalue weighted by Gasteiger charge is -2.22. The smallest absolute Gasteiger partial charge is 0.0314 e. The number of nitrogens with two attached hydrogens (primary N) is 2. The molecule has 0 aliphatic carbocycles. The predicted octanol–water partition coefficient (Wildman–Crippen LogP) is 3.64. The van der Waals surface area contributed by atoms with Crippen LogP contribution in [0.1, 0.15) is 30.9 Å². The molecule has 0 fully saturated rings. The molecule has 2 heteroatoms. The van der Waals surface area contributed by atoms with Crippen molar-refractivity contribution in [1.29, 1.82) is 0 Å². The largest absolute Gasteiger partial charge is 0.399 e. The molecule has 2 rings (SSSR count). The van der Waals surface area contributed by atoms with Gasteiger partial charge in [0.1, 0.15) is 0 Å². The first kappa shape index (κ1) is 12.5. The Kier molecular flexibility index (Phi) is 3.56. The number of hydrogen-bond donors (Lipinski definition) is 2. The van der Waals surface area contributed by atoms with Crippen molar-refractivity contribution in [2.45, 2.75) is 19.8 Å². The molecule has 0 saturated carbocycles. The van der Waals surface area contributed by atoms with Gasteiger partial charge in [-0.05, 0) is 41.3 Å². The summed E-state index contributed by atoms with van der Waals surface area (Å²) in [5.41, 5.74) is 15.7. The topological polar surface area (TPSA) is 52.0 Å². The SMILES string of the molecule is CC(C)C(c1ccc(N)cc1)c1ccc(N)cc1. The van der Waals surface area contributed by atoms with Crippen LogP contribution in [0.25, 0.3) is 0 Å². The van der Waals surface area contributed by atoms with Crippen LogP contribution in [-0.4, -0.2) is 0 Å². The van der Waals surface area contributed by atoms with Crippen molar-refractivity contribution in [3.8, 4) is 0 Å². The van der Waals surface area contributed by atoms with Crippen LogP contribution in [0.4, 0.5) is 11.4 Å². The van der Waals surface area contributed by atoms with Gasteiger partial charge in [0.25, 0.3) is 0 Å². The molecule has 2 aromatic carbocycles. The summed E-state index contributed by atoms with van der Waals surface area (Å²) in [5.74, 6) is 0.906. The van der Waals surface area contributed by atoms with E-state index in [9.17, 15) is 0 Å². The Morgan fingerprint density at radius 1 is 0.667 bits per heavy atom. The highest BCUT2D eigenvalue weighted by Crippen LogP contribution is 2.32. The van der Waals surface area contributed by atoms with E-state index in [0.29, 0.717) is 11.8 Å². The fraction of sp³-hybridized carbons (Fsp3) is 0.250. The molecule has 0 amide bonds. The molecule has 0 heterocycles. The normalized spacial score (nSPS) is 11.1. The van der Waals surface area contributed by atoms with Crippen molar-refractivity contribution in [3.63, 3.8) is 0 Å². The minimum absolute atomic E-state index is 0.381. The molecular formula is C16H20N2. The molecule has 2 nitrogen and oxygen atoms in total. The van der Waals surface area contributed by atoms with Crippen molar-refractivity contribution < 1.29 is 0 Å². The first-order chi connectivity index (χ1) is 8.58. The van der Waals surface area contributed by atoms with Gasteiger partial charge in [0.15, 0.2) is 0 Å². The third-order valence-electron chi connectivity index (χ3n) is 3.26. The lowest BCUT2D eigenvalue weighted by atomic mass is 9.82. The van der Waals surface area contributed by atoms with Gasteiger partial charge >= 0.3 is 0 Å². The summed E-state index contributed by atoms with van der Waals surface area (Å²) in [6.07, 6.45) is 0. The summed E-state index contributed by atoms with van der Waals surface area (Å²) < 4.78 is 0. The zero-order valence-electron chi connectivity index (χ0n) is 10.9. The maximum atomic E-state index is 5.74. The Labute approximate surface area is 109 Å². The molecule has 0 saturated heterocycles. The van der Waals surface area contributed by atoms with Crippen molar-refractivity contribution in [2.75, 3.05) is 11.5 Å². The third-order valence-corrected chi connectivity index (χ3v) is 3.26. The summed E-state index contributed by atoms with van der Waals surface area (Å²) in [5, 5.41) is 0. The van der Waals surface area contributed by atoms with Gasteiger partial charge in [-0.15, -0.1) is 0 Å². The van der Waals surface area contributed by atoms with Gasteiger partial charge in [-0.25, -0.2) is 0 Å². The zero-order chi connectivity index (χ0) is 13.1. The summed E-state index contributed by atoms with van der Waals surface area (Å²) in [4.78, 5) is 0. The molecule has 2 aromatic rings. The Bertz CT molecular complexity index is 452. The first-order valence-corrected chi connectivity index (χ1v) is 6.29. The lowest BCUT2D eigenvalue weighted by Crippen LogP contribution is -2.08. The molecule has 18 heavy (non-hydrogen) atoms. The van der Waals surface area contributed by atoms with E-state index in [1.807, 2.05) is 24.3 Å². The van der Waals surface area contributed by atoms with Crippen LogP contribution in [0.15, 0.2) is 48.5 Å². The fourth-order valence-electron chi connectivity index (χ4n) is 2.37. The van der Waals surface area contributed by atoms with Crippen LogP contribution < -0.4 is 11.5 Å². The van der Waals surface area contributed by atoms with Gasteiger partial charge in [-0.3, -0.25) is 0 Å². The maximum absolute atomic E-state index is 5.74. The van der Waals surface area contributed by atoms with E-state index in [2.05, 4.69) is 38.1 Å². The van der Waals surface area contributed by atoms with E-state index < -0.39 is 0 Å². The first-order valence-electron chi connectivity index (χ1n) is 6.29. The van der Waals surface area contributed by atoms with Crippen LogP contribution in [-0.2, 0) is 0 Å². The Morgan fingerprint density at radius 3 is 1.28 bits per heavy atom. The van der Waals surface area contributed by atoms with E-state index in [4.69, 9.17) is 11.5 Å². The van der Waals surface area contributed by atoms with E-state index >= 15 is 0 Å². The average molecular weight is 240 g/mol. The van der Waals surface area contributed by atoms with Crippen molar-refractivity contribution in [3.05, 3.63) is 59.7 Å². The standard InChI is InChI=1S/C16H20N2/c1-11(2)16(12-3-7-14(17)8-4-12)13-5-9-15(18)10-6-13/h3-11,16H,17-18H2,1-2H3. The van der Waals surface area contributed by atoms with Crippen molar-refractivity contribution in [2.24, 2.45) is 5.92 Å². The van der Waals surface area contributed by atoms with Gasteiger partial charge in [-0.2, -0.15) is 0 Å². The summed E-state index contributed by atoms with van der Waals surface area (Å²) in [7, 11) is 0. The number of rotatable bonds is 3. The lowest BCUT2D eigenvalue weighted by molar-refractivity contribution is 0.564.